The Bertz CT molecular complexity index is 1020. The van der Waals surface area contributed by atoms with Crippen molar-refractivity contribution in [3.63, 3.8) is 0 Å². The van der Waals surface area contributed by atoms with E-state index in [-0.39, 0.29) is 17.7 Å². The van der Waals surface area contributed by atoms with E-state index in [1.807, 2.05) is 29.2 Å². The summed E-state index contributed by atoms with van der Waals surface area (Å²) in [5, 5.41) is 3.96. The molecule has 2 fully saturated rings. The molecule has 1 aromatic carbocycles. The molecule has 0 bridgehead atoms. The molecule has 9 heteroatoms. The van der Waals surface area contributed by atoms with Gasteiger partial charge in [0.1, 0.15) is 5.58 Å². The lowest BCUT2D eigenvalue weighted by Gasteiger charge is -2.32. The van der Waals surface area contributed by atoms with Crippen LogP contribution in [0.2, 0.25) is 0 Å². The van der Waals surface area contributed by atoms with E-state index < -0.39 is 10.0 Å². The Labute approximate surface area is 182 Å². The summed E-state index contributed by atoms with van der Waals surface area (Å²) >= 11 is 0. The molecule has 0 radical (unpaired) electrons. The van der Waals surface area contributed by atoms with Crippen LogP contribution < -0.4 is 5.32 Å². The summed E-state index contributed by atoms with van der Waals surface area (Å²) in [6, 6.07) is 9.37. The zero-order valence-electron chi connectivity index (χ0n) is 17.7. The molecule has 0 spiro atoms. The van der Waals surface area contributed by atoms with Crippen LogP contribution >= 0.6 is 0 Å². The predicted octanol–water partition coefficient (Wildman–Crippen LogP) is 2.07. The Morgan fingerprint density at radius 2 is 1.74 bits per heavy atom. The van der Waals surface area contributed by atoms with Crippen molar-refractivity contribution in [3.8, 4) is 0 Å². The van der Waals surface area contributed by atoms with Crippen LogP contribution in [-0.2, 0) is 14.8 Å². The number of para-hydroxylation sites is 1. The number of rotatable bonds is 5. The largest absolute Gasteiger partial charge is 0.451 e. The van der Waals surface area contributed by atoms with E-state index in [4.69, 9.17) is 4.42 Å². The number of nitrogens with one attached hydrogen (secondary N) is 1. The predicted molar refractivity (Wildman–Crippen MR) is 117 cm³/mol. The van der Waals surface area contributed by atoms with Gasteiger partial charge in [0.05, 0.1) is 6.26 Å². The summed E-state index contributed by atoms with van der Waals surface area (Å²) in [4.78, 5) is 27.1. The summed E-state index contributed by atoms with van der Waals surface area (Å²) < 4.78 is 30.3. The second-order valence-electron chi connectivity index (χ2n) is 8.57. The minimum atomic E-state index is -3.18. The van der Waals surface area contributed by atoms with E-state index >= 15 is 0 Å². The van der Waals surface area contributed by atoms with Gasteiger partial charge in [0, 0.05) is 44.0 Å². The maximum Gasteiger partial charge on any atom is 0.289 e. The maximum atomic E-state index is 12.8. The van der Waals surface area contributed by atoms with E-state index in [2.05, 4.69) is 5.32 Å². The Hall–Kier alpha value is -2.39. The molecule has 0 aliphatic carbocycles. The standard InChI is InChI=1S/C22H29N3O5S/c1-31(28,29)25-12-8-17(9-13-25)21(26)23-15-16-6-10-24(11-7-16)22(27)20-14-18-4-2-3-5-19(18)30-20/h2-5,14,16-17H,6-13,15H2,1H3,(H,23,26). The average molecular weight is 448 g/mol. The highest BCUT2D eigenvalue weighted by Gasteiger charge is 2.30. The fraction of sp³-hybridized carbons (Fsp3) is 0.545. The van der Waals surface area contributed by atoms with Gasteiger partial charge in [-0.25, -0.2) is 12.7 Å². The third kappa shape index (κ3) is 5.10. The molecule has 8 nitrogen and oxygen atoms in total. The molecule has 31 heavy (non-hydrogen) atoms. The van der Waals surface area contributed by atoms with E-state index in [1.165, 1.54) is 10.6 Å². The van der Waals surface area contributed by atoms with Gasteiger partial charge in [0.2, 0.25) is 15.9 Å². The molecule has 2 aliphatic heterocycles. The number of amides is 2. The monoisotopic (exact) mass is 447 g/mol. The molecule has 1 N–H and O–H groups in total. The zero-order valence-corrected chi connectivity index (χ0v) is 18.6. The van der Waals surface area contributed by atoms with E-state index in [0.29, 0.717) is 62.8 Å². The van der Waals surface area contributed by atoms with Crippen molar-refractivity contribution in [2.45, 2.75) is 25.7 Å². The topological polar surface area (TPSA) is 99.9 Å². The molecule has 1 aromatic heterocycles. The lowest BCUT2D eigenvalue weighted by molar-refractivity contribution is -0.126. The van der Waals surface area contributed by atoms with E-state index in [9.17, 15) is 18.0 Å². The van der Waals surface area contributed by atoms with Gasteiger partial charge >= 0.3 is 0 Å². The summed E-state index contributed by atoms with van der Waals surface area (Å²) in [5.74, 6) is 0.492. The van der Waals surface area contributed by atoms with E-state index in [0.717, 1.165) is 18.2 Å². The highest BCUT2D eigenvalue weighted by atomic mass is 32.2. The Morgan fingerprint density at radius 1 is 1.06 bits per heavy atom. The van der Waals surface area contributed by atoms with Crippen LogP contribution in [-0.4, -0.2) is 68.4 Å². The number of hydrogen-bond donors (Lipinski definition) is 1. The van der Waals surface area contributed by atoms with Crippen LogP contribution in [0.15, 0.2) is 34.7 Å². The van der Waals surface area contributed by atoms with Gasteiger partial charge in [0.25, 0.3) is 5.91 Å². The van der Waals surface area contributed by atoms with Crippen molar-refractivity contribution in [2.24, 2.45) is 11.8 Å². The molecule has 2 aliphatic rings. The summed E-state index contributed by atoms with van der Waals surface area (Å²) in [6.45, 7) is 2.68. The zero-order chi connectivity index (χ0) is 22.0. The molecule has 168 valence electrons. The molecule has 2 amide bonds. The second-order valence-corrected chi connectivity index (χ2v) is 10.5. The first-order chi connectivity index (χ1) is 14.8. The van der Waals surface area contributed by atoms with Crippen LogP contribution in [0.25, 0.3) is 11.0 Å². The number of benzene rings is 1. The second kappa shape index (κ2) is 9.00. The normalized spacial score (nSPS) is 19.6. The van der Waals surface area contributed by atoms with Gasteiger partial charge in [-0.2, -0.15) is 0 Å². The molecule has 2 saturated heterocycles. The van der Waals surface area contributed by atoms with Crippen molar-refractivity contribution < 1.29 is 22.4 Å². The van der Waals surface area contributed by atoms with Crippen molar-refractivity contribution in [1.29, 1.82) is 0 Å². The molecule has 0 unspecified atom stereocenters. The number of piperidine rings is 2. The van der Waals surface area contributed by atoms with Crippen LogP contribution in [0.4, 0.5) is 0 Å². The third-order valence-electron chi connectivity index (χ3n) is 6.40. The number of likely N-dealkylation sites (tertiary alicyclic amines) is 1. The molecule has 3 heterocycles. The van der Waals surface area contributed by atoms with Gasteiger partial charge in [-0.3, -0.25) is 9.59 Å². The van der Waals surface area contributed by atoms with Crippen LogP contribution in [0.5, 0.6) is 0 Å². The lowest BCUT2D eigenvalue weighted by atomic mass is 9.94. The molecule has 0 saturated carbocycles. The summed E-state index contributed by atoms with van der Waals surface area (Å²) in [5.41, 5.74) is 0.714. The molecule has 4 rings (SSSR count). The maximum absolute atomic E-state index is 12.8. The minimum absolute atomic E-state index is 0.00827. The van der Waals surface area contributed by atoms with Crippen LogP contribution in [0.1, 0.15) is 36.2 Å². The number of hydrogen-bond acceptors (Lipinski definition) is 5. The third-order valence-corrected chi connectivity index (χ3v) is 7.70. The van der Waals surface area contributed by atoms with Gasteiger partial charge in [-0.1, -0.05) is 18.2 Å². The van der Waals surface area contributed by atoms with Crippen LogP contribution in [0.3, 0.4) is 0 Å². The smallest absolute Gasteiger partial charge is 0.289 e. The molecular weight excluding hydrogens is 418 g/mol. The first-order valence-corrected chi connectivity index (χ1v) is 12.7. The van der Waals surface area contributed by atoms with E-state index in [1.54, 1.807) is 6.07 Å². The summed E-state index contributed by atoms with van der Waals surface area (Å²) in [6.07, 6.45) is 3.99. The minimum Gasteiger partial charge on any atom is -0.451 e. The summed E-state index contributed by atoms with van der Waals surface area (Å²) in [7, 11) is -3.18. The number of nitrogens with zero attached hydrogens (tertiary/aromatic N) is 2. The first-order valence-electron chi connectivity index (χ1n) is 10.8. The number of fused-ring (bicyclic) bond motifs is 1. The highest BCUT2D eigenvalue weighted by molar-refractivity contribution is 7.88. The fourth-order valence-corrected chi connectivity index (χ4v) is 5.30. The van der Waals surface area contributed by atoms with Gasteiger partial charge in [0.15, 0.2) is 5.76 Å². The van der Waals surface area contributed by atoms with Crippen molar-refractivity contribution in [1.82, 2.24) is 14.5 Å². The lowest BCUT2D eigenvalue weighted by Crippen LogP contribution is -2.45. The van der Waals surface area contributed by atoms with Gasteiger partial charge in [-0.05, 0) is 43.7 Å². The number of sulfonamides is 1. The fourth-order valence-electron chi connectivity index (χ4n) is 4.42. The van der Waals surface area contributed by atoms with Crippen molar-refractivity contribution in [3.05, 3.63) is 36.1 Å². The number of carbonyl (C=O) groups excluding carboxylic acids is 2. The number of carbonyl (C=O) groups is 2. The van der Waals surface area contributed by atoms with Gasteiger partial charge < -0.3 is 14.6 Å². The van der Waals surface area contributed by atoms with Gasteiger partial charge in [-0.15, -0.1) is 0 Å². The average Bonchev–Trinajstić information content (AvgIpc) is 3.21. The first kappa shape index (κ1) is 21.8. The Balaban J connectivity index is 1.21. The number of furan rings is 1. The van der Waals surface area contributed by atoms with Crippen molar-refractivity contribution in [2.75, 3.05) is 39.0 Å². The Kier molecular flexibility index (Phi) is 6.34. The SMILES string of the molecule is CS(=O)(=O)N1CCC(C(=O)NCC2CCN(C(=O)c3cc4ccccc4o3)CC2)CC1. The van der Waals surface area contributed by atoms with Crippen molar-refractivity contribution >= 4 is 32.8 Å². The molecule has 0 atom stereocenters. The molecular formula is C22H29N3O5S. The molecule has 2 aromatic rings. The Morgan fingerprint density at radius 3 is 2.39 bits per heavy atom. The van der Waals surface area contributed by atoms with Crippen LogP contribution in [0, 0.1) is 11.8 Å². The highest BCUT2D eigenvalue weighted by Crippen LogP contribution is 2.24. The quantitative estimate of drug-likeness (QED) is 0.756.